The highest BCUT2D eigenvalue weighted by molar-refractivity contribution is 5.91. The molecule has 0 bridgehead atoms. The van der Waals surface area contributed by atoms with Crippen LogP contribution in [-0.4, -0.2) is 29.5 Å². The monoisotopic (exact) mass is 386 g/mol. The Morgan fingerprint density at radius 2 is 1.83 bits per heavy atom. The molecule has 4 N–H and O–H groups in total. The minimum atomic E-state index is 0.208. The Hall–Kier alpha value is -3.55. The number of imidazole rings is 1. The topological polar surface area (TPSA) is 121 Å². The number of hydrogen-bond acceptors (Lipinski definition) is 7. The highest BCUT2D eigenvalue weighted by Gasteiger charge is 2.22. The molecular formula is C21H22N8. The third-order valence-electron chi connectivity index (χ3n) is 5.48. The molecule has 146 valence electrons. The van der Waals surface area contributed by atoms with Crippen LogP contribution in [0.15, 0.2) is 30.5 Å². The van der Waals surface area contributed by atoms with Crippen LogP contribution in [-0.2, 0) is 19.4 Å². The summed E-state index contributed by atoms with van der Waals surface area (Å²) in [6.07, 6.45) is 6.18. The van der Waals surface area contributed by atoms with Gasteiger partial charge in [0, 0.05) is 18.3 Å². The fourth-order valence-electron chi connectivity index (χ4n) is 4.20. The molecule has 5 rings (SSSR count). The minimum absolute atomic E-state index is 0.208. The van der Waals surface area contributed by atoms with Crippen LogP contribution in [0, 0.1) is 0 Å². The van der Waals surface area contributed by atoms with Crippen molar-refractivity contribution in [3.8, 4) is 22.8 Å². The molecule has 1 aromatic carbocycles. The van der Waals surface area contributed by atoms with Crippen LogP contribution < -0.4 is 11.5 Å². The molecule has 0 unspecified atom stereocenters. The zero-order valence-corrected chi connectivity index (χ0v) is 16.3. The molecule has 0 saturated carbocycles. The van der Waals surface area contributed by atoms with Crippen LogP contribution in [0.3, 0.4) is 0 Å². The fourth-order valence-corrected chi connectivity index (χ4v) is 4.20. The van der Waals surface area contributed by atoms with Crippen LogP contribution in [0.2, 0.25) is 0 Å². The van der Waals surface area contributed by atoms with Crippen molar-refractivity contribution in [2.45, 2.75) is 39.2 Å². The third-order valence-corrected chi connectivity index (χ3v) is 5.48. The number of anilines is 2. The summed E-state index contributed by atoms with van der Waals surface area (Å²) in [6, 6.07) is 8.20. The number of hydrogen-bond donors (Lipinski definition) is 2. The van der Waals surface area contributed by atoms with E-state index in [4.69, 9.17) is 16.5 Å². The summed E-state index contributed by atoms with van der Waals surface area (Å²) < 4.78 is 1.99. The van der Waals surface area contributed by atoms with Gasteiger partial charge in [-0.05, 0) is 49.8 Å². The maximum atomic E-state index is 6.12. The fraction of sp³-hybridized carbons (Fsp3) is 0.286. The minimum Gasteiger partial charge on any atom is -0.368 e. The van der Waals surface area contributed by atoms with Gasteiger partial charge in [-0.2, -0.15) is 4.98 Å². The van der Waals surface area contributed by atoms with Gasteiger partial charge in [0.25, 0.3) is 0 Å². The summed E-state index contributed by atoms with van der Waals surface area (Å²) in [5.41, 5.74) is 18.6. The Balaban J connectivity index is 1.80. The van der Waals surface area contributed by atoms with E-state index in [9.17, 15) is 0 Å². The Bertz CT molecular complexity index is 1230. The Morgan fingerprint density at radius 1 is 0.966 bits per heavy atom. The number of nitrogens with zero attached hydrogens (tertiary/aromatic N) is 6. The molecule has 8 heteroatoms. The molecule has 0 aliphatic heterocycles. The zero-order chi connectivity index (χ0) is 20.0. The van der Waals surface area contributed by atoms with Gasteiger partial charge in [-0.1, -0.05) is 18.2 Å². The number of fused-ring (bicyclic) bond motifs is 2. The molecule has 0 radical (unpaired) electrons. The second-order valence-electron chi connectivity index (χ2n) is 7.23. The maximum Gasteiger partial charge on any atom is 0.222 e. The van der Waals surface area contributed by atoms with Crippen LogP contribution in [0.25, 0.3) is 33.9 Å². The van der Waals surface area contributed by atoms with Gasteiger partial charge < -0.3 is 16.0 Å². The van der Waals surface area contributed by atoms with Crippen molar-refractivity contribution in [1.82, 2.24) is 29.5 Å². The summed E-state index contributed by atoms with van der Waals surface area (Å²) >= 11 is 0. The predicted molar refractivity (Wildman–Crippen MR) is 113 cm³/mol. The lowest BCUT2D eigenvalue weighted by molar-refractivity contribution is 0.686. The van der Waals surface area contributed by atoms with E-state index >= 15 is 0 Å². The Labute approximate surface area is 168 Å². The third kappa shape index (κ3) is 2.88. The van der Waals surface area contributed by atoms with E-state index in [0.29, 0.717) is 23.7 Å². The molecular weight excluding hydrogens is 364 g/mol. The number of aryl methyl sites for hydroxylation is 2. The van der Waals surface area contributed by atoms with E-state index in [1.165, 1.54) is 24.0 Å². The van der Waals surface area contributed by atoms with Crippen molar-refractivity contribution < 1.29 is 0 Å². The average Bonchev–Trinajstić information content (AvgIpc) is 3.11. The van der Waals surface area contributed by atoms with Crippen LogP contribution >= 0.6 is 0 Å². The van der Waals surface area contributed by atoms with Crippen molar-refractivity contribution in [3.05, 3.63) is 41.6 Å². The van der Waals surface area contributed by atoms with Gasteiger partial charge in [0.2, 0.25) is 11.9 Å². The summed E-state index contributed by atoms with van der Waals surface area (Å²) in [7, 11) is 0. The van der Waals surface area contributed by atoms with Gasteiger partial charge in [0.05, 0.1) is 0 Å². The molecule has 3 aromatic heterocycles. The molecule has 1 aliphatic rings. The van der Waals surface area contributed by atoms with Crippen LogP contribution in [0.1, 0.15) is 30.9 Å². The van der Waals surface area contributed by atoms with Gasteiger partial charge in [0.1, 0.15) is 16.9 Å². The molecule has 0 amide bonds. The summed E-state index contributed by atoms with van der Waals surface area (Å²) in [5.74, 6) is 1.13. The van der Waals surface area contributed by atoms with Crippen LogP contribution in [0.5, 0.6) is 0 Å². The maximum absolute atomic E-state index is 6.12. The van der Waals surface area contributed by atoms with E-state index in [2.05, 4.69) is 38.1 Å². The lowest BCUT2D eigenvalue weighted by Gasteiger charge is -2.19. The molecule has 0 fully saturated rings. The molecule has 0 spiro atoms. The first-order valence-electron chi connectivity index (χ1n) is 9.89. The van der Waals surface area contributed by atoms with Gasteiger partial charge in [0.15, 0.2) is 11.5 Å². The molecule has 0 saturated heterocycles. The smallest absolute Gasteiger partial charge is 0.222 e. The summed E-state index contributed by atoms with van der Waals surface area (Å²) in [5, 5.41) is 0. The molecule has 29 heavy (non-hydrogen) atoms. The average molecular weight is 386 g/mol. The lowest BCUT2D eigenvalue weighted by atomic mass is 9.87. The van der Waals surface area contributed by atoms with E-state index < -0.39 is 0 Å². The van der Waals surface area contributed by atoms with Crippen molar-refractivity contribution in [2.24, 2.45) is 0 Å². The van der Waals surface area contributed by atoms with Gasteiger partial charge in [-0.25, -0.2) is 19.9 Å². The quantitative estimate of drug-likeness (QED) is 0.555. The summed E-state index contributed by atoms with van der Waals surface area (Å²) in [4.78, 5) is 22.3. The van der Waals surface area contributed by atoms with Crippen molar-refractivity contribution >= 4 is 23.1 Å². The van der Waals surface area contributed by atoms with Crippen molar-refractivity contribution in [1.29, 1.82) is 0 Å². The van der Waals surface area contributed by atoms with E-state index in [1.807, 2.05) is 11.5 Å². The number of aromatic nitrogens is 6. The Kier molecular flexibility index (Phi) is 4.12. The largest absolute Gasteiger partial charge is 0.368 e. The van der Waals surface area contributed by atoms with Gasteiger partial charge in [-0.15, -0.1) is 0 Å². The molecule has 8 nitrogen and oxygen atoms in total. The predicted octanol–water partition coefficient (Wildman–Crippen LogP) is 3.01. The Morgan fingerprint density at radius 3 is 2.66 bits per heavy atom. The number of rotatable bonds is 3. The van der Waals surface area contributed by atoms with Crippen LogP contribution in [0.4, 0.5) is 11.9 Å². The highest BCUT2D eigenvalue weighted by atomic mass is 15.2. The number of nitrogens with two attached hydrogens (primary N) is 2. The number of nitrogen functional groups attached to an aromatic ring is 2. The van der Waals surface area contributed by atoms with E-state index in [0.717, 1.165) is 29.6 Å². The SMILES string of the molecule is CCn1c(-c2ccnc(N)n2)nc2c(-c3cccc4c3CCCC4)nc(N)nc21. The second kappa shape index (κ2) is 6.80. The van der Waals surface area contributed by atoms with Crippen molar-refractivity contribution in [3.63, 3.8) is 0 Å². The second-order valence-corrected chi connectivity index (χ2v) is 7.23. The van der Waals surface area contributed by atoms with E-state index in [1.54, 1.807) is 12.3 Å². The molecule has 1 aliphatic carbocycles. The van der Waals surface area contributed by atoms with Gasteiger partial charge in [-0.3, -0.25) is 0 Å². The standard InChI is InChI=1S/C21H22N8/c1-2-29-18(15-10-11-24-20(22)25-15)26-17-16(27-21(23)28-19(17)29)14-9-5-7-12-6-3-4-8-13(12)14/h5,7,9-11H,2-4,6,8H2,1H3,(H2,22,24,25)(H2,23,27,28). The number of benzene rings is 1. The van der Waals surface area contributed by atoms with Crippen molar-refractivity contribution in [2.75, 3.05) is 11.5 Å². The lowest BCUT2D eigenvalue weighted by Crippen LogP contribution is -2.07. The summed E-state index contributed by atoms with van der Waals surface area (Å²) in [6.45, 7) is 2.70. The molecule has 3 heterocycles. The molecule has 4 aromatic rings. The zero-order valence-electron chi connectivity index (χ0n) is 16.3. The van der Waals surface area contributed by atoms with Gasteiger partial charge >= 0.3 is 0 Å². The van der Waals surface area contributed by atoms with E-state index in [-0.39, 0.29) is 11.9 Å². The highest BCUT2D eigenvalue weighted by Crippen LogP contribution is 2.35. The normalized spacial score (nSPS) is 13.6. The first-order valence-corrected chi connectivity index (χ1v) is 9.89. The first kappa shape index (κ1) is 17.5. The molecule has 0 atom stereocenters. The first-order chi connectivity index (χ1) is 14.2.